The van der Waals surface area contributed by atoms with Crippen LogP contribution in [0.3, 0.4) is 0 Å². The average molecular weight is 383 g/mol. The number of sulfonamides is 1. The fourth-order valence-electron chi connectivity index (χ4n) is 2.37. The normalized spacial score (nSPS) is 11.6. The Labute approximate surface area is 151 Å². The molecule has 0 saturated heterocycles. The Morgan fingerprint density at radius 2 is 1.69 bits per heavy atom. The van der Waals surface area contributed by atoms with Crippen LogP contribution < -0.4 is 0 Å². The first-order chi connectivity index (χ1) is 12.3. The van der Waals surface area contributed by atoms with E-state index in [1.54, 1.807) is 19.9 Å². The number of hydrogen-bond donors (Lipinski definition) is 0. The van der Waals surface area contributed by atoms with Gasteiger partial charge in [-0.2, -0.15) is 4.31 Å². The van der Waals surface area contributed by atoms with Crippen molar-refractivity contribution in [2.75, 3.05) is 13.1 Å². The third-order valence-electron chi connectivity index (χ3n) is 3.81. The molecule has 0 bridgehead atoms. The molecule has 2 aromatic carbocycles. The van der Waals surface area contributed by atoms with E-state index in [1.165, 1.54) is 18.2 Å². The second-order valence-electron chi connectivity index (χ2n) is 5.40. The van der Waals surface area contributed by atoms with Gasteiger partial charge in [0.05, 0.1) is 5.56 Å². The molecule has 0 spiro atoms. The lowest BCUT2D eigenvalue weighted by molar-refractivity contribution is 0.0468. The zero-order valence-electron chi connectivity index (χ0n) is 14.4. The fraction of sp³-hybridized carbons (Fsp3) is 0.278. The Bertz CT molecular complexity index is 896. The second-order valence-corrected chi connectivity index (χ2v) is 7.31. The molecule has 0 N–H and O–H groups in total. The Kier molecular flexibility index (Phi) is 6.44. The average Bonchev–Trinajstić information content (AvgIpc) is 2.61. The lowest BCUT2D eigenvalue weighted by Crippen LogP contribution is -2.31. The van der Waals surface area contributed by atoms with Gasteiger partial charge in [-0.3, -0.25) is 0 Å². The fourth-order valence-corrected chi connectivity index (χ4v) is 3.92. The highest BCUT2D eigenvalue weighted by molar-refractivity contribution is 7.89. The number of rotatable bonds is 7. The summed E-state index contributed by atoms with van der Waals surface area (Å²) in [5, 5.41) is 0. The van der Waals surface area contributed by atoms with E-state index in [-0.39, 0.29) is 30.8 Å². The predicted molar refractivity (Wildman–Crippen MR) is 92.0 cm³/mol. The summed E-state index contributed by atoms with van der Waals surface area (Å²) < 4.78 is 58.7. The molecule has 0 aromatic heterocycles. The largest absolute Gasteiger partial charge is 0.457 e. The van der Waals surface area contributed by atoms with Crippen molar-refractivity contribution in [3.63, 3.8) is 0 Å². The van der Waals surface area contributed by atoms with Crippen molar-refractivity contribution in [1.82, 2.24) is 4.31 Å². The molecular formula is C18H19F2NO4S. The summed E-state index contributed by atoms with van der Waals surface area (Å²) in [7, 11) is -4.07. The molecule has 5 nitrogen and oxygen atoms in total. The molecule has 0 atom stereocenters. The van der Waals surface area contributed by atoms with Crippen LogP contribution in [0.5, 0.6) is 0 Å². The number of esters is 1. The molecule has 0 radical (unpaired) electrons. The van der Waals surface area contributed by atoms with E-state index in [9.17, 15) is 22.0 Å². The monoisotopic (exact) mass is 383 g/mol. The number of carbonyl (C=O) groups excluding carboxylic acids is 1. The van der Waals surface area contributed by atoms with Gasteiger partial charge < -0.3 is 4.74 Å². The highest BCUT2D eigenvalue weighted by Crippen LogP contribution is 2.21. The lowest BCUT2D eigenvalue weighted by atomic mass is 10.2. The molecule has 8 heteroatoms. The summed E-state index contributed by atoms with van der Waals surface area (Å²) in [6.07, 6.45) is 0. The summed E-state index contributed by atoms with van der Waals surface area (Å²) >= 11 is 0. The lowest BCUT2D eigenvalue weighted by Gasteiger charge is -2.19. The standard InChI is InChI=1S/C18H19F2NO4S/c1-3-21(4-2)26(23,24)17-11-13(9-10-16(17)20)18(22)25-12-14-7-5-6-8-15(14)19/h5-11H,3-4,12H2,1-2H3. The van der Waals surface area contributed by atoms with E-state index in [1.807, 2.05) is 0 Å². The number of hydrogen-bond acceptors (Lipinski definition) is 4. The van der Waals surface area contributed by atoms with Crippen molar-refractivity contribution in [3.8, 4) is 0 Å². The number of nitrogens with zero attached hydrogens (tertiary/aromatic N) is 1. The van der Waals surface area contributed by atoms with Crippen molar-refractivity contribution in [2.45, 2.75) is 25.3 Å². The summed E-state index contributed by atoms with van der Waals surface area (Å²) in [6.45, 7) is 3.28. The minimum Gasteiger partial charge on any atom is -0.457 e. The van der Waals surface area contributed by atoms with Crippen LogP contribution in [0.25, 0.3) is 0 Å². The number of benzene rings is 2. The highest BCUT2D eigenvalue weighted by Gasteiger charge is 2.26. The summed E-state index contributed by atoms with van der Waals surface area (Å²) in [4.78, 5) is 11.6. The molecule has 0 aliphatic heterocycles. The molecule has 0 saturated carbocycles. The minimum atomic E-state index is -4.07. The molecule has 140 valence electrons. The van der Waals surface area contributed by atoms with E-state index in [0.29, 0.717) is 0 Å². The van der Waals surface area contributed by atoms with Crippen molar-refractivity contribution < 1.29 is 26.7 Å². The Morgan fingerprint density at radius 3 is 2.31 bits per heavy atom. The van der Waals surface area contributed by atoms with Gasteiger partial charge in [0.15, 0.2) is 0 Å². The number of carbonyl (C=O) groups is 1. The summed E-state index contributed by atoms with van der Waals surface area (Å²) in [6, 6.07) is 8.76. The van der Waals surface area contributed by atoms with Crippen LogP contribution in [-0.4, -0.2) is 31.8 Å². The van der Waals surface area contributed by atoms with Crippen molar-refractivity contribution in [3.05, 3.63) is 65.2 Å². The number of ether oxygens (including phenoxy) is 1. The van der Waals surface area contributed by atoms with E-state index < -0.39 is 32.5 Å². The van der Waals surface area contributed by atoms with Crippen molar-refractivity contribution in [2.24, 2.45) is 0 Å². The summed E-state index contributed by atoms with van der Waals surface area (Å²) in [5.41, 5.74) is 0.0485. The van der Waals surface area contributed by atoms with E-state index in [4.69, 9.17) is 4.74 Å². The van der Waals surface area contributed by atoms with Crippen LogP contribution in [0.2, 0.25) is 0 Å². The second kappa shape index (κ2) is 8.37. The maximum absolute atomic E-state index is 14.1. The van der Waals surface area contributed by atoms with Gasteiger partial charge in [0.1, 0.15) is 23.1 Å². The molecular weight excluding hydrogens is 364 g/mol. The van der Waals surface area contributed by atoms with Crippen LogP contribution in [0.4, 0.5) is 8.78 Å². The molecule has 2 aromatic rings. The van der Waals surface area contributed by atoms with Gasteiger partial charge in [-0.05, 0) is 24.3 Å². The van der Waals surface area contributed by atoms with Crippen LogP contribution >= 0.6 is 0 Å². The van der Waals surface area contributed by atoms with Gasteiger partial charge in [-0.25, -0.2) is 22.0 Å². The van der Waals surface area contributed by atoms with Gasteiger partial charge in [-0.15, -0.1) is 0 Å². The highest BCUT2D eigenvalue weighted by atomic mass is 32.2. The maximum Gasteiger partial charge on any atom is 0.338 e. The first kappa shape index (κ1) is 20.0. The molecule has 2 rings (SSSR count). The van der Waals surface area contributed by atoms with Gasteiger partial charge in [-0.1, -0.05) is 32.0 Å². The zero-order chi connectivity index (χ0) is 19.3. The SMILES string of the molecule is CCN(CC)S(=O)(=O)c1cc(C(=O)OCc2ccccc2F)ccc1F. The Balaban J connectivity index is 2.26. The van der Waals surface area contributed by atoms with Crippen molar-refractivity contribution in [1.29, 1.82) is 0 Å². The first-order valence-electron chi connectivity index (χ1n) is 8.01. The van der Waals surface area contributed by atoms with Crippen LogP contribution in [0.1, 0.15) is 29.8 Å². The van der Waals surface area contributed by atoms with E-state index in [2.05, 4.69) is 0 Å². The van der Waals surface area contributed by atoms with Gasteiger partial charge >= 0.3 is 5.97 Å². The van der Waals surface area contributed by atoms with Crippen LogP contribution in [0, 0.1) is 11.6 Å². The Hall–Kier alpha value is -2.32. The number of halogens is 2. The molecule has 0 fully saturated rings. The maximum atomic E-state index is 14.1. The van der Waals surface area contributed by atoms with Gasteiger partial charge in [0, 0.05) is 18.7 Å². The smallest absolute Gasteiger partial charge is 0.338 e. The minimum absolute atomic E-state index is 0.131. The molecule has 26 heavy (non-hydrogen) atoms. The third-order valence-corrected chi connectivity index (χ3v) is 5.87. The predicted octanol–water partition coefficient (Wildman–Crippen LogP) is 3.35. The third kappa shape index (κ3) is 4.25. The van der Waals surface area contributed by atoms with Crippen LogP contribution in [-0.2, 0) is 21.4 Å². The first-order valence-corrected chi connectivity index (χ1v) is 9.45. The van der Waals surface area contributed by atoms with Gasteiger partial charge in [0.2, 0.25) is 10.0 Å². The molecule has 0 amide bonds. The molecule has 0 heterocycles. The van der Waals surface area contributed by atoms with Crippen molar-refractivity contribution >= 4 is 16.0 Å². The summed E-state index contributed by atoms with van der Waals surface area (Å²) in [5.74, 6) is -2.35. The Morgan fingerprint density at radius 1 is 1.04 bits per heavy atom. The molecule has 0 aliphatic carbocycles. The topological polar surface area (TPSA) is 63.7 Å². The molecule has 0 aliphatic rings. The van der Waals surface area contributed by atoms with E-state index in [0.717, 1.165) is 22.5 Å². The molecule has 0 unspecified atom stereocenters. The zero-order valence-corrected chi connectivity index (χ0v) is 15.2. The van der Waals surface area contributed by atoms with Gasteiger partial charge in [0.25, 0.3) is 0 Å². The van der Waals surface area contributed by atoms with E-state index >= 15 is 0 Å². The van der Waals surface area contributed by atoms with Crippen LogP contribution in [0.15, 0.2) is 47.4 Å². The quantitative estimate of drug-likeness (QED) is 0.688.